The van der Waals surface area contributed by atoms with Crippen LogP contribution in [0.1, 0.15) is 23.2 Å². The van der Waals surface area contributed by atoms with Crippen LogP contribution in [0.4, 0.5) is 4.39 Å². The van der Waals surface area contributed by atoms with Gasteiger partial charge in [0.2, 0.25) is 0 Å². The van der Waals surface area contributed by atoms with Crippen molar-refractivity contribution < 1.29 is 18.7 Å². The Balaban J connectivity index is 2.61. The molecule has 0 spiro atoms. The second kappa shape index (κ2) is 7.09. The number of hydrogen-bond donors (Lipinski definition) is 0. The number of carbonyl (C=O) groups excluding carboxylic acids is 2. The van der Waals surface area contributed by atoms with Gasteiger partial charge in [0.15, 0.2) is 0 Å². The van der Waals surface area contributed by atoms with E-state index in [-0.39, 0.29) is 18.0 Å². The van der Waals surface area contributed by atoms with Gasteiger partial charge in [-0.1, -0.05) is 11.6 Å². The Morgan fingerprint density at radius 3 is 2.74 bits per heavy atom. The molecule has 0 aliphatic rings. The Hall–Kier alpha value is -1.62. The second-order valence-electron chi connectivity index (χ2n) is 4.03. The number of methoxy groups -OCH3 is 1. The predicted molar refractivity (Wildman–Crippen MR) is 69.6 cm³/mol. The molecule has 0 aliphatic heterocycles. The molecule has 0 saturated carbocycles. The zero-order chi connectivity index (χ0) is 14.4. The van der Waals surface area contributed by atoms with E-state index in [4.69, 9.17) is 11.6 Å². The Morgan fingerprint density at radius 2 is 2.11 bits per heavy atom. The zero-order valence-corrected chi connectivity index (χ0v) is 11.5. The first-order valence-electron chi connectivity index (χ1n) is 5.73. The van der Waals surface area contributed by atoms with E-state index in [0.29, 0.717) is 18.0 Å². The Kier molecular flexibility index (Phi) is 5.76. The van der Waals surface area contributed by atoms with Gasteiger partial charge in [-0.05, 0) is 24.6 Å². The van der Waals surface area contributed by atoms with Gasteiger partial charge in [0, 0.05) is 25.0 Å². The average Bonchev–Trinajstić information content (AvgIpc) is 2.40. The zero-order valence-electron chi connectivity index (χ0n) is 10.8. The van der Waals surface area contributed by atoms with Crippen molar-refractivity contribution in [2.24, 2.45) is 0 Å². The van der Waals surface area contributed by atoms with Gasteiger partial charge in [0.1, 0.15) is 5.82 Å². The number of rotatable bonds is 5. The fraction of sp³-hybridized carbons (Fsp3) is 0.385. The van der Waals surface area contributed by atoms with Crippen LogP contribution in [0.25, 0.3) is 0 Å². The summed E-state index contributed by atoms with van der Waals surface area (Å²) in [4.78, 5) is 24.2. The standard InChI is InChI=1S/C13H15ClFNO3/c1-16(7-3-4-12(17)19-2)13(18)10-8-9(14)5-6-11(10)15/h5-6,8H,3-4,7H2,1-2H3. The SMILES string of the molecule is COC(=O)CCCN(C)C(=O)c1cc(Cl)ccc1F. The first kappa shape index (κ1) is 15.4. The van der Waals surface area contributed by atoms with Crippen LogP contribution in [-0.2, 0) is 9.53 Å². The largest absolute Gasteiger partial charge is 0.469 e. The molecule has 0 unspecified atom stereocenters. The molecular weight excluding hydrogens is 273 g/mol. The summed E-state index contributed by atoms with van der Waals surface area (Å²) < 4.78 is 18.0. The number of carbonyl (C=O) groups is 2. The van der Waals surface area contributed by atoms with Crippen LogP contribution in [0.15, 0.2) is 18.2 Å². The van der Waals surface area contributed by atoms with Gasteiger partial charge in [-0.25, -0.2) is 4.39 Å². The lowest BCUT2D eigenvalue weighted by Crippen LogP contribution is -2.28. The van der Waals surface area contributed by atoms with Crippen molar-refractivity contribution in [1.29, 1.82) is 0 Å². The van der Waals surface area contributed by atoms with Crippen molar-refractivity contribution in [2.45, 2.75) is 12.8 Å². The molecule has 0 atom stereocenters. The maximum Gasteiger partial charge on any atom is 0.305 e. The number of ether oxygens (including phenoxy) is 1. The number of benzene rings is 1. The van der Waals surface area contributed by atoms with Gasteiger partial charge in [0.05, 0.1) is 12.7 Å². The molecule has 6 heteroatoms. The van der Waals surface area contributed by atoms with E-state index in [1.807, 2.05) is 0 Å². The third-order valence-electron chi connectivity index (χ3n) is 2.61. The third kappa shape index (κ3) is 4.52. The van der Waals surface area contributed by atoms with E-state index in [1.54, 1.807) is 7.05 Å². The van der Waals surface area contributed by atoms with E-state index in [9.17, 15) is 14.0 Å². The number of hydrogen-bond acceptors (Lipinski definition) is 3. The van der Waals surface area contributed by atoms with E-state index in [1.165, 1.54) is 24.1 Å². The molecule has 1 aromatic carbocycles. The first-order valence-corrected chi connectivity index (χ1v) is 6.11. The third-order valence-corrected chi connectivity index (χ3v) is 2.84. The van der Waals surface area contributed by atoms with Crippen LogP contribution < -0.4 is 0 Å². The van der Waals surface area contributed by atoms with Crippen LogP contribution in [0.2, 0.25) is 5.02 Å². The van der Waals surface area contributed by atoms with E-state index < -0.39 is 11.7 Å². The molecule has 1 aromatic rings. The number of amides is 1. The molecule has 0 heterocycles. The highest BCUT2D eigenvalue weighted by molar-refractivity contribution is 6.30. The molecule has 0 bridgehead atoms. The van der Waals surface area contributed by atoms with E-state index in [0.717, 1.165) is 6.07 Å². The van der Waals surface area contributed by atoms with Gasteiger partial charge in [0.25, 0.3) is 5.91 Å². The molecule has 4 nitrogen and oxygen atoms in total. The van der Waals surface area contributed by atoms with Crippen molar-refractivity contribution in [3.63, 3.8) is 0 Å². The minimum absolute atomic E-state index is 0.0759. The van der Waals surface area contributed by atoms with Crippen LogP contribution in [0, 0.1) is 5.82 Å². The maximum atomic E-state index is 13.5. The molecule has 0 aromatic heterocycles. The number of halogens is 2. The Morgan fingerprint density at radius 1 is 1.42 bits per heavy atom. The molecule has 0 saturated heterocycles. The van der Waals surface area contributed by atoms with Crippen molar-refractivity contribution in [3.8, 4) is 0 Å². The van der Waals surface area contributed by atoms with Crippen LogP contribution in [0.5, 0.6) is 0 Å². The molecule has 0 aliphatic carbocycles. The van der Waals surface area contributed by atoms with Gasteiger partial charge in [-0.15, -0.1) is 0 Å². The summed E-state index contributed by atoms with van der Waals surface area (Å²) in [5.41, 5.74) is -0.0759. The van der Waals surface area contributed by atoms with Gasteiger partial charge >= 0.3 is 5.97 Å². The maximum absolute atomic E-state index is 13.5. The summed E-state index contributed by atoms with van der Waals surface area (Å²) in [7, 11) is 2.85. The molecular formula is C13H15ClFNO3. The lowest BCUT2D eigenvalue weighted by atomic mass is 10.2. The summed E-state index contributed by atoms with van der Waals surface area (Å²) in [6.45, 7) is 0.333. The van der Waals surface area contributed by atoms with Gasteiger partial charge in [-0.3, -0.25) is 9.59 Å². The first-order chi connectivity index (χ1) is 8.95. The summed E-state index contributed by atoms with van der Waals surface area (Å²) in [6.07, 6.45) is 0.670. The van der Waals surface area contributed by atoms with Crippen molar-refractivity contribution in [3.05, 3.63) is 34.6 Å². The van der Waals surface area contributed by atoms with Crippen molar-refractivity contribution >= 4 is 23.5 Å². The Bertz CT molecular complexity index is 479. The Labute approximate surface area is 116 Å². The number of nitrogens with zero attached hydrogens (tertiary/aromatic N) is 1. The quantitative estimate of drug-likeness (QED) is 0.782. The summed E-state index contributed by atoms with van der Waals surface area (Å²) in [5, 5.41) is 0.299. The highest BCUT2D eigenvalue weighted by Crippen LogP contribution is 2.16. The fourth-order valence-electron chi connectivity index (χ4n) is 1.53. The molecule has 104 valence electrons. The minimum atomic E-state index is -0.616. The van der Waals surface area contributed by atoms with E-state index in [2.05, 4.69) is 4.74 Å². The van der Waals surface area contributed by atoms with Gasteiger partial charge in [-0.2, -0.15) is 0 Å². The number of esters is 1. The molecule has 0 N–H and O–H groups in total. The minimum Gasteiger partial charge on any atom is -0.469 e. The second-order valence-corrected chi connectivity index (χ2v) is 4.47. The fourth-order valence-corrected chi connectivity index (χ4v) is 1.70. The lowest BCUT2D eigenvalue weighted by Gasteiger charge is -2.17. The van der Waals surface area contributed by atoms with Crippen LogP contribution in [-0.4, -0.2) is 37.5 Å². The van der Waals surface area contributed by atoms with Crippen LogP contribution in [0.3, 0.4) is 0 Å². The molecule has 19 heavy (non-hydrogen) atoms. The molecule has 1 amide bonds. The van der Waals surface area contributed by atoms with Gasteiger partial charge < -0.3 is 9.64 Å². The summed E-state index contributed by atoms with van der Waals surface area (Å²) in [6, 6.07) is 3.82. The summed E-state index contributed by atoms with van der Waals surface area (Å²) in [5.74, 6) is -1.42. The van der Waals surface area contributed by atoms with Crippen molar-refractivity contribution in [1.82, 2.24) is 4.90 Å². The smallest absolute Gasteiger partial charge is 0.305 e. The average molecular weight is 288 g/mol. The highest BCUT2D eigenvalue weighted by Gasteiger charge is 2.16. The predicted octanol–water partition coefficient (Wildman–Crippen LogP) is 2.50. The lowest BCUT2D eigenvalue weighted by molar-refractivity contribution is -0.140. The molecule has 0 radical (unpaired) electrons. The summed E-state index contributed by atoms with van der Waals surface area (Å²) >= 11 is 5.73. The van der Waals surface area contributed by atoms with Crippen molar-refractivity contribution in [2.75, 3.05) is 20.7 Å². The molecule has 0 fully saturated rings. The topological polar surface area (TPSA) is 46.6 Å². The normalized spacial score (nSPS) is 10.1. The highest BCUT2D eigenvalue weighted by atomic mass is 35.5. The monoisotopic (exact) mass is 287 g/mol. The van der Waals surface area contributed by atoms with Crippen LogP contribution >= 0.6 is 11.6 Å². The van der Waals surface area contributed by atoms with E-state index >= 15 is 0 Å². The molecule has 1 rings (SSSR count).